The molecule has 29 heavy (non-hydrogen) atoms. The quantitative estimate of drug-likeness (QED) is 0.619. The van der Waals surface area contributed by atoms with Gasteiger partial charge in [-0.15, -0.1) is 0 Å². The number of nitrogens with zero attached hydrogens (tertiary/aromatic N) is 1. The summed E-state index contributed by atoms with van der Waals surface area (Å²) < 4.78 is 25.0. The lowest BCUT2D eigenvalue weighted by Crippen LogP contribution is -2.38. The van der Waals surface area contributed by atoms with Gasteiger partial charge in [-0.2, -0.15) is 0 Å². The van der Waals surface area contributed by atoms with Crippen molar-refractivity contribution in [2.45, 2.75) is 52.3 Å². The first kappa shape index (κ1) is 22.6. The van der Waals surface area contributed by atoms with Gasteiger partial charge in [0.2, 0.25) is 0 Å². The zero-order valence-corrected chi connectivity index (χ0v) is 17.5. The maximum atomic E-state index is 14.3. The summed E-state index contributed by atoms with van der Waals surface area (Å²) in [6, 6.07) is 7.46. The molecule has 2 rings (SSSR count). The lowest BCUT2D eigenvalue weighted by atomic mass is 9.84. The normalized spacial score (nSPS) is 14.3. The number of hydrogen-bond donors (Lipinski definition) is 2. The Morgan fingerprint density at radius 2 is 1.90 bits per heavy atom. The predicted molar refractivity (Wildman–Crippen MR) is 108 cm³/mol. The van der Waals surface area contributed by atoms with E-state index < -0.39 is 18.1 Å². The van der Waals surface area contributed by atoms with Gasteiger partial charge in [0.1, 0.15) is 18.0 Å². The Labute approximate surface area is 171 Å². The molecular formula is C22H29FN2O4. The van der Waals surface area contributed by atoms with Crippen molar-refractivity contribution in [2.24, 2.45) is 5.92 Å². The molecule has 0 bridgehead atoms. The van der Waals surface area contributed by atoms with E-state index in [0.29, 0.717) is 17.0 Å². The second-order valence-corrected chi connectivity index (χ2v) is 7.34. The third-order valence-corrected chi connectivity index (χ3v) is 4.90. The Balaban J connectivity index is 2.01. The summed E-state index contributed by atoms with van der Waals surface area (Å²) in [5, 5.41) is 13.1. The average molecular weight is 404 g/mol. The summed E-state index contributed by atoms with van der Waals surface area (Å²) >= 11 is 0. The fourth-order valence-corrected chi connectivity index (χ4v) is 3.36. The van der Waals surface area contributed by atoms with Crippen LogP contribution < -0.4 is 10.1 Å². The van der Waals surface area contributed by atoms with Crippen LogP contribution in [0.3, 0.4) is 0 Å². The van der Waals surface area contributed by atoms with Crippen molar-refractivity contribution in [1.82, 2.24) is 10.3 Å². The predicted octanol–water partition coefficient (Wildman–Crippen LogP) is 3.78. The fourth-order valence-electron chi connectivity index (χ4n) is 3.36. The van der Waals surface area contributed by atoms with Gasteiger partial charge in [0.25, 0.3) is 0 Å². The molecule has 0 aliphatic heterocycles. The van der Waals surface area contributed by atoms with Gasteiger partial charge in [-0.25, -0.2) is 4.39 Å². The van der Waals surface area contributed by atoms with Crippen LogP contribution in [0, 0.1) is 11.7 Å². The number of carbonyl (C=O) groups is 1. The topological polar surface area (TPSA) is 80.7 Å². The van der Waals surface area contributed by atoms with Crippen LogP contribution in [0.2, 0.25) is 0 Å². The van der Waals surface area contributed by atoms with Crippen LogP contribution >= 0.6 is 0 Å². The summed E-state index contributed by atoms with van der Waals surface area (Å²) in [5.41, 5.74) is 0.900. The number of halogens is 1. The van der Waals surface area contributed by atoms with Crippen LogP contribution in [0.15, 0.2) is 36.5 Å². The van der Waals surface area contributed by atoms with Crippen molar-refractivity contribution in [3.63, 3.8) is 0 Å². The van der Waals surface area contributed by atoms with Crippen molar-refractivity contribution in [3.8, 4) is 11.5 Å². The number of aromatic nitrogens is 1. The van der Waals surface area contributed by atoms with Crippen LogP contribution in [0.25, 0.3) is 0 Å². The maximum Gasteiger partial charge on any atom is 0.323 e. The van der Waals surface area contributed by atoms with Crippen LogP contribution in [0.5, 0.6) is 11.5 Å². The van der Waals surface area contributed by atoms with Gasteiger partial charge in [-0.1, -0.05) is 32.0 Å². The molecule has 158 valence electrons. The largest absolute Gasteiger partial charge is 0.503 e. The van der Waals surface area contributed by atoms with E-state index >= 15 is 0 Å². The number of ether oxygens (including phenoxy) is 2. The number of esters is 1. The number of aromatic hydroxyl groups is 1. The molecule has 1 aromatic carbocycles. The molecule has 0 aliphatic rings. The molecule has 0 aliphatic carbocycles. The third kappa shape index (κ3) is 5.67. The lowest BCUT2D eigenvalue weighted by Gasteiger charge is -2.29. The first-order valence-corrected chi connectivity index (χ1v) is 9.65. The Kier molecular flexibility index (Phi) is 7.96. The summed E-state index contributed by atoms with van der Waals surface area (Å²) in [4.78, 5) is 16.6. The Hall–Kier alpha value is -2.67. The van der Waals surface area contributed by atoms with Crippen molar-refractivity contribution in [1.29, 1.82) is 0 Å². The smallest absolute Gasteiger partial charge is 0.323 e. The zero-order valence-electron chi connectivity index (χ0n) is 17.5. The molecule has 0 saturated heterocycles. The highest BCUT2D eigenvalue weighted by atomic mass is 19.1. The molecule has 0 amide bonds. The van der Waals surface area contributed by atoms with Gasteiger partial charge in [0.05, 0.1) is 12.8 Å². The fraction of sp³-hybridized carbons (Fsp3) is 0.455. The highest BCUT2D eigenvalue weighted by Gasteiger charge is 2.29. The number of rotatable bonds is 9. The molecule has 6 nitrogen and oxygen atoms in total. The SMILES string of the molecule is COc1ccnc(CN[C@@H](C)C(=O)O[C@@H](C)[C@H](c2ccccc2F)C(C)C)c1O. The van der Waals surface area contributed by atoms with Crippen LogP contribution in [-0.4, -0.2) is 35.3 Å². The standard InChI is InChI=1S/C22H29FN2O4/c1-13(2)20(16-8-6-7-9-17(16)23)15(4)29-22(27)14(3)25-12-18-21(26)19(28-5)10-11-24-18/h6-11,13-15,20,25-26H,12H2,1-5H3/t14-,15-,20+/m0/s1. The van der Waals surface area contributed by atoms with E-state index in [4.69, 9.17) is 9.47 Å². The van der Waals surface area contributed by atoms with E-state index in [1.54, 1.807) is 38.1 Å². The molecule has 7 heteroatoms. The van der Waals surface area contributed by atoms with E-state index in [2.05, 4.69) is 10.3 Å². The van der Waals surface area contributed by atoms with Gasteiger partial charge in [0, 0.05) is 24.7 Å². The minimum atomic E-state index is -0.640. The second kappa shape index (κ2) is 10.2. The molecule has 1 aromatic heterocycles. The minimum absolute atomic E-state index is 0.0733. The van der Waals surface area contributed by atoms with Gasteiger partial charge in [-0.3, -0.25) is 15.1 Å². The molecule has 0 saturated carbocycles. The molecule has 0 spiro atoms. The van der Waals surface area contributed by atoms with E-state index in [1.807, 2.05) is 13.8 Å². The van der Waals surface area contributed by atoms with Gasteiger partial charge in [0.15, 0.2) is 11.5 Å². The van der Waals surface area contributed by atoms with E-state index in [1.165, 1.54) is 19.4 Å². The van der Waals surface area contributed by atoms with E-state index in [9.17, 15) is 14.3 Å². The number of nitrogens with one attached hydrogen (secondary N) is 1. The number of hydrogen-bond acceptors (Lipinski definition) is 6. The zero-order chi connectivity index (χ0) is 21.6. The number of methoxy groups -OCH3 is 1. The highest BCUT2D eigenvalue weighted by molar-refractivity contribution is 5.75. The van der Waals surface area contributed by atoms with Crippen LogP contribution in [-0.2, 0) is 16.1 Å². The van der Waals surface area contributed by atoms with Crippen LogP contribution in [0.4, 0.5) is 4.39 Å². The summed E-state index contributed by atoms with van der Waals surface area (Å²) in [6.45, 7) is 7.55. The van der Waals surface area contributed by atoms with Gasteiger partial charge >= 0.3 is 5.97 Å². The Bertz CT molecular complexity index is 828. The Morgan fingerprint density at radius 1 is 1.21 bits per heavy atom. The second-order valence-electron chi connectivity index (χ2n) is 7.34. The van der Waals surface area contributed by atoms with Gasteiger partial charge in [-0.05, 0) is 31.4 Å². The van der Waals surface area contributed by atoms with Crippen molar-refractivity contribution in [3.05, 3.63) is 53.6 Å². The third-order valence-electron chi connectivity index (χ3n) is 4.90. The van der Waals surface area contributed by atoms with E-state index in [0.717, 1.165) is 0 Å². The molecule has 3 atom stereocenters. The minimum Gasteiger partial charge on any atom is -0.503 e. The first-order chi connectivity index (χ1) is 13.8. The molecular weight excluding hydrogens is 375 g/mol. The molecule has 0 radical (unpaired) electrons. The van der Waals surface area contributed by atoms with E-state index in [-0.39, 0.29) is 29.9 Å². The molecule has 2 aromatic rings. The molecule has 1 heterocycles. The van der Waals surface area contributed by atoms with Crippen LogP contribution in [0.1, 0.15) is 44.9 Å². The summed E-state index contributed by atoms with van der Waals surface area (Å²) in [7, 11) is 1.45. The molecule has 0 unspecified atom stereocenters. The molecule has 0 fully saturated rings. The number of carbonyl (C=O) groups excluding carboxylic acids is 1. The lowest BCUT2D eigenvalue weighted by molar-refractivity contribution is -0.152. The van der Waals surface area contributed by atoms with Crippen molar-refractivity contribution in [2.75, 3.05) is 7.11 Å². The summed E-state index contributed by atoms with van der Waals surface area (Å²) in [6.07, 6.45) is 1.01. The Morgan fingerprint density at radius 3 is 2.52 bits per heavy atom. The van der Waals surface area contributed by atoms with Gasteiger partial charge < -0.3 is 14.6 Å². The number of pyridine rings is 1. The highest BCUT2D eigenvalue weighted by Crippen LogP contribution is 2.32. The average Bonchev–Trinajstić information content (AvgIpc) is 2.68. The number of benzene rings is 1. The summed E-state index contributed by atoms with van der Waals surface area (Å²) in [5.74, 6) is -0.713. The van der Waals surface area contributed by atoms with Crippen molar-refractivity contribution < 1.29 is 23.8 Å². The van der Waals surface area contributed by atoms with Crippen molar-refractivity contribution >= 4 is 5.97 Å². The molecule has 2 N–H and O–H groups in total. The monoisotopic (exact) mass is 404 g/mol. The first-order valence-electron chi connectivity index (χ1n) is 9.65. The maximum absolute atomic E-state index is 14.3.